The number of fused-ring (bicyclic) bond motifs is 3. The summed E-state index contributed by atoms with van der Waals surface area (Å²) in [5.74, 6) is 0.733. The maximum absolute atomic E-state index is 5.00. The molecule has 6 aromatic rings. The highest BCUT2D eigenvalue weighted by molar-refractivity contribution is 5.88. The molecule has 2 heteroatoms. The van der Waals surface area contributed by atoms with Crippen molar-refractivity contribution in [3.63, 3.8) is 0 Å². The van der Waals surface area contributed by atoms with Crippen LogP contribution in [0.1, 0.15) is 25.0 Å². The van der Waals surface area contributed by atoms with Crippen LogP contribution in [0, 0.1) is 0 Å². The van der Waals surface area contributed by atoms with Crippen LogP contribution in [0.3, 0.4) is 0 Å². The second-order valence-corrected chi connectivity index (χ2v) is 10.7. The van der Waals surface area contributed by atoms with E-state index in [1.54, 1.807) is 0 Å². The van der Waals surface area contributed by atoms with Crippen LogP contribution in [0.25, 0.3) is 56.2 Å². The summed E-state index contributed by atoms with van der Waals surface area (Å²) in [6.45, 7) is 4.68. The lowest BCUT2D eigenvalue weighted by atomic mass is 9.79. The molecule has 39 heavy (non-hydrogen) atoms. The third kappa shape index (κ3) is 3.97. The molecule has 1 aromatic heterocycles. The van der Waals surface area contributed by atoms with Gasteiger partial charge in [-0.05, 0) is 39.4 Å². The summed E-state index contributed by atoms with van der Waals surface area (Å²) in [6, 6.07) is 47.0. The molecule has 186 valence electrons. The van der Waals surface area contributed by atoms with E-state index in [2.05, 4.69) is 111 Å². The summed E-state index contributed by atoms with van der Waals surface area (Å²) in [7, 11) is 0. The van der Waals surface area contributed by atoms with E-state index < -0.39 is 0 Å². The molecule has 0 aliphatic heterocycles. The molecule has 0 amide bonds. The van der Waals surface area contributed by atoms with Crippen molar-refractivity contribution >= 4 is 0 Å². The molecular formula is C37H28N2. The van der Waals surface area contributed by atoms with Crippen molar-refractivity contribution in [2.75, 3.05) is 0 Å². The highest BCUT2D eigenvalue weighted by atomic mass is 14.9. The first-order chi connectivity index (χ1) is 19.1. The van der Waals surface area contributed by atoms with Gasteiger partial charge in [-0.2, -0.15) is 0 Å². The SMILES string of the molecule is CC1(C)c2ccccc2-c2cccc(-c3ccc(-c4cc(-c5ccccc5)nc(-c5ccccc5)n4)cc3)c21. The standard InChI is InChI=1S/C37H28N2/c1-37(2)32-19-10-9-16-30(32)31-18-11-17-29(35(31)37)25-20-22-27(23-21-25)34-24-33(26-12-5-3-6-13-26)38-36(39-34)28-14-7-4-8-15-28/h3-24H,1-2H3. The van der Waals surface area contributed by atoms with Crippen molar-refractivity contribution in [1.82, 2.24) is 9.97 Å². The van der Waals surface area contributed by atoms with E-state index in [1.165, 1.54) is 33.4 Å². The molecule has 1 aliphatic carbocycles. The van der Waals surface area contributed by atoms with Gasteiger partial charge in [0.1, 0.15) is 0 Å². The molecule has 1 heterocycles. The molecule has 0 spiro atoms. The van der Waals surface area contributed by atoms with Gasteiger partial charge in [0.2, 0.25) is 0 Å². The number of nitrogens with zero attached hydrogens (tertiary/aromatic N) is 2. The van der Waals surface area contributed by atoms with E-state index in [9.17, 15) is 0 Å². The predicted molar refractivity (Wildman–Crippen MR) is 161 cm³/mol. The third-order valence-electron chi connectivity index (χ3n) is 7.90. The Balaban J connectivity index is 1.32. The third-order valence-corrected chi connectivity index (χ3v) is 7.90. The van der Waals surface area contributed by atoms with Crippen molar-refractivity contribution in [3.8, 4) is 56.2 Å². The fraction of sp³-hybridized carbons (Fsp3) is 0.0811. The van der Waals surface area contributed by atoms with Gasteiger partial charge in [-0.1, -0.05) is 141 Å². The van der Waals surface area contributed by atoms with Gasteiger partial charge in [0.05, 0.1) is 11.4 Å². The Morgan fingerprint density at radius 2 is 0.949 bits per heavy atom. The van der Waals surface area contributed by atoms with Gasteiger partial charge in [0.25, 0.3) is 0 Å². The fourth-order valence-electron chi connectivity index (χ4n) is 5.98. The van der Waals surface area contributed by atoms with Gasteiger partial charge in [-0.3, -0.25) is 0 Å². The Morgan fingerprint density at radius 3 is 1.64 bits per heavy atom. The normalized spacial score (nSPS) is 13.1. The quantitative estimate of drug-likeness (QED) is 0.241. The fourth-order valence-corrected chi connectivity index (χ4v) is 5.98. The number of aromatic nitrogens is 2. The van der Waals surface area contributed by atoms with Crippen molar-refractivity contribution in [2.45, 2.75) is 19.3 Å². The molecule has 2 nitrogen and oxygen atoms in total. The summed E-state index contributed by atoms with van der Waals surface area (Å²) in [4.78, 5) is 9.93. The Morgan fingerprint density at radius 1 is 0.436 bits per heavy atom. The number of hydrogen-bond donors (Lipinski definition) is 0. The molecule has 0 saturated carbocycles. The summed E-state index contributed by atoms with van der Waals surface area (Å²) < 4.78 is 0. The van der Waals surface area contributed by atoms with E-state index >= 15 is 0 Å². The van der Waals surface area contributed by atoms with Gasteiger partial charge >= 0.3 is 0 Å². The topological polar surface area (TPSA) is 25.8 Å². The van der Waals surface area contributed by atoms with Crippen LogP contribution < -0.4 is 0 Å². The van der Waals surface area contributed by atoms with E-state index in [-0.39, 0.29) is 5.41 Å². The Hall–Kier alpha value is -4.82. The zero-order valence-electron chi connectivity index (χ0n) is 22.1. The predicted octanol–water partition coefficient (Wildman–Crippen LogP) is 9.45. The average molecular weight is 501 g/mol. The highest BCUT2D eigenvalue weighted by Crippen LogP contribution is 2.52. The molecule has 5 aromatic carbocycles. The zero-order chi connectivity index (χ0) is 26.4. The van der Waals surface area contributed by atoms with Gasteiger partial charge in [-0.15, -0.1) is 0 Å². The first-order valence-electron chi connectivity index (χ1n) is 13.4. The summed E-state index contributed by atoms with van der Waals surface area (Å²) in [5, 5.41) is 0. The minimum atomic E-state index is -0.0526. The molecule has 0 atom stereocenters. The van der Waals surface area contributed by atoms with E-state index in [0.29, 0.717) is 0 Å². The molecule has 0 fully saturated rings. The summed E-state index contributed by atoms with van der Waals surface area (Å²) >= 11 is 0. The van der Waals surface area contributed by atoms with Crippen LogP contribution >= 0.6 is 0 Å². The second-order valence-electron chi connectivity index (χ2n) is 10.7. The van der Waals surface area contributed by atoms with Crippen LogP contribution in [-0.4, -0.2) is 9.97 Å². The molecule has 0 radical (unpaired) electrons. The number of benzene rings is 5. The van der Waals surface area contributed by atoms with E-state index in [4.69, 9.17) is 9.97 Å². The van der Waals surface area contributed by atoms with Crippen molar-refractivity contribution < 1.29 is 0 Å². The van der Waals surface area contributed by atoms with Crippen molar-refractivity contribution in [2.24, 2.45) is 0 Å². The van der Waals surface area contributed by atoms with Gasteiger partial charge in [-0.25, -0.2) is 9.97 Å². The Kier molecular flexibility index (Phi) is 5.49. The van der Waals surface area contributed by atoms with Gasteiger partial charge < -0.3 is 0 Å². The zero-order valence-corrected chi connectivity index (χ0v) is 22.1. The largest absolute Gasteiger partial charge is 0.228 e. The van der Waals surface area contributed by atoms with E-state index in [1.807, 2.05) is 36.4 Å². The lowest BCUT2D eigenvalue weighted by molar-refractivity contribution is 0.662. The molecule has 0 N–H and O–H groups in total. The first kappa shape index (κ1) is 23.3. The lowest BCUT2D eigenvalue weighted by Gasteiger charge is -2.24. The van der Waals surface area contributed by atoms with Crippen LogP contribution in [0.5, 0.6) is 0 Å². The molecule has 7 rings (SSSR count). The molecular weight excluding hydrogens is 472 g/mol. The number of hydrogen-bond acceptors (Lipinski definition) is 2. The molecule has 0 bridgehead atoms. The van der Waals surface area contributed by atoms with Crippen LogP contribution in [-0.2, 0) is 5.41 Å². The van der Waals surface area contributed by atoms with Gasteiger partial charge in [0, 0.05) is 22.1 Å². The van der Waals surface area contributed by atoms with E-state index in [0.717, 1.165) is 33.9 Å². The molecule has 0 unspecified atom stereocenters. The molecule has 0 saturated heterocycles. The smallest absolute Gasteiger partial charge is 0.160 e. The Bertz CT molecular complexity index is 1740. The highest BCUT2D eigenvalue weighted by Gasteiger charge is 2.37. The second kappa shape index (κ2) is 9.18. The maximum Gasteiger partial charge on any atom is 0.160 e. The Labute approximate surface area is 229 Å². The monoisotopic (exact) mass is 500 g/mol. The lowest BCUT2D eigenvalue weighted by Crippen LogP contribution is -2.16. The summed E-state index contributed by atoms with van der Waals surface area (Å²) in [5.41, 5.74) is 12.9. The summed E-state index contributed by atoms with van der Waals surface area (Å²) in [6.07, 6.45) is 0. The average Bonchev–Trinajstić information content (AvgIpc) is 3.25. The van der Waals surface area contributed by atoms with Gasteiger partial charge in [0.15, 0.2) is 5.82 Å². The van der Waals surface area contributed by atoms with Crippen molar-refractivity contribution in [1.29, 1.82) is 0 Å². The maximum atomic E-state index is 5.00. The van der Waals surface area contributed by atoms with Crippen LogP contribution in [0.2, 0.25) is 0 Å². The minimum absolute atomic E-state index is 0.0526. The molecule has 1 aliphatic rings. The number of rotatable bonds is 4. The van der Waals surface area contributed by atoms with Crippen molar-refractivity contribution in [3.05, 3.63) is 145 Å². The minimum Gasteiger partial charge on any atom is -0.228 e. The van der Waals surface area contributed by atoms with Crippen LogP contribution in [0.15, 0.2) is 133 Å². The van der Waals surface area contributed by atoms with Crippen LogP contribution in [0.4, 0.5) is 0 Å². The first-order valence-corrected chi connectivity index (χ1v) is 13.4.